The molecule has 4 nitrogen and oxygen atoms in total. The number of nitrogens with zero attached hydrogens (tertiary/aromatic N) is 1. The third-order valence-electron chi connectivity index (χ3n) is 2.21. The summed E-state index contributed by atoms with van der Waals surface area (Å²) in [6.07, 6.45) is 1.47. The zero-order valence-corrected chi connectivity index (χ0v) is 8.79. The first-order chi connectivity index (χ1) is 7.40. The lowest BCUT2D eigenvalue weighted by molar-refractivity contribution is 0.602. The number of anilines is 1. The predicted molar refractivity (Wildman–Crippen MR) is 61.0 cm³/mol. The van der Waals surface area contributed by atoms with Crippen LogP contribution in [0.5, 0.6) is 0 Å². The van der Waals surface area contributed by atoms with Crippen molar-refractivity contribution in [3.05, 3.63) is 24.6 Å². The highest BCUT2D eigenvalue weighted by atomic mass is 16.3. The van der Waals surface area contributed by atoms with Crippen molar-refractivity contribution in [2.45, 2.75) is 6.92 Å². The van der Waals surface area contributed by atoms with Gasteiger partial charge in [-0.2, -0.15) is 0 Å². The largest absolute Gasteiger partial charge is 0.443 e. The van der Waals surface area contributed by atoms with Crippen molar-refractivity contribution >= 4 is 16.8 Å². The van der Waals surface area contributed by atoms with Gasteiger partial charge in [0.15, 0.2) is 12.0 Å². The van der Waals surface area contributed by atoms with Crippen LogP contribution in [0.1, 0.15) is 6.92 Å². The Morgan fingerprint density at radius 1 is 1.33 bits per heavy atom. The second-order valence-electron chi connectivity index (χ2n) is 3.32. The molecule has 0 amide bonds. The summed E-state index contributed by atoms with van der Waals surface area (Å²) in [6, 6.07) is 5.93. The van der Waals surface area contributed by atoms with Crippen molar-refractivity contribution < 1.29 is 4.42 Å². The van der Waals surface area contributed by atoms with Gasteiger partial charge in [-0.15, -0.1) is 0 Å². The minimum absolute atomic E-state index is 0.823. The molecular formula is C11H15N3O. The number of rotatable bonds is 5. The molecule has 2 N–H and O–H groups in total. The molecule has 0 saturated heterocycles. The quantitative estimate of drug-likeness (QED) is 0.731. The van der Waals surface area contributed by atoms with Crippen LogP contribution in [-0.4, -0.2) is 24.6 Å². The first-order valence-corrected chi connectivity index (χ1v) is 5.18. The van der Waals surface area contributed by atoms with Crippen molar-refractivity contribution in [3.63, 3.8) is 0 Å². The van der Waals surface area contributed by atoms with Gasteiger partial charge in [0.2, 0.25) is 0 Å². The molecule has 0 atom stereocenters. The maximum atomic E-state index is 5.22. The fraction of sp³-hybridized carbons (Fsp3) is 0.364. The summed E-state index contributed by atoms with van der Waals surface area (Å²) in [5.74, 6) is 0. The number of nitrogens with one attached hydrogen (secondary N) is 2. The maximum absolute atomic E-state index is 5.22. The zero-order valence-electron chi connectivity index (χ0n) is 8.79. The molecule has 0 radical (unpaired) electrons. The summed E-state index contributed by atoms with van der Waals surface area (Å²) in [6.45, 7) is 4.97. The van der Waals surface area contributed by atoms with Crippen LogP contribution < -0.4 is 10.6 Å². The molecule has 2 aromatic rings. The first kappa shape index (κ1) is 9.98. The van der Waals surface area contributed by atoms with Gasteiger partial charge in [0.05, 0.1) is 0 Å². The predicted octanol–water partition coefficient (Wildman–Crippen LogP) is 1.85. The van der Waals surface area contributed by atoms with Crippen LogP contribution >= 0.6 is 0 Å². The van der Waals surface area contributed by atoms with E-state index < -0.39 is 0 Å². The Bertz CT molecular complexity index is 424. The fourth-order valence-electron chi connectivity index (χ4n) is 1.44. The monoisotopic (exact) mass is 205 g/mol. The number of fused-ring (bicyclic) bond motifs is 1. The SMILES string of the molecule is CCNCCNc1ccc2ncoc2c1. The number of hydrogen-bond acceptors (Lipinski definition) is 4. The number of oxazole rings is 1. The van der Waals surface area contributed by atoms with E-state index in [2.05, 4.69) is 22.5 Å². The van der Waals surface area contributed by atoms with Crippen LogP contribution in [0, 0.1) is 0 Å². The highest BCUT2D eigenvalue weighted by molar-refractivity contribution is 5.76. The van der Waals surface area contributed by atoms with E-state index in [1.807, 2.05) is 18.2 Å². The Morgan fingerprint density at radius 2 is 2.27 bits per heavy atom. The average Bonchev–Trinajstić information content (AvgIpc) is 2.71. The van der Waals surface area contributed by atoms with Gasteiger partial charge in [-0.05, 0) is 18.7 Å². The van der Waals surface area contributed by atoms with Crippen LogP contribution in [0.25, 0.3) is 11.1 Å². The molecule has 1 heterocycles. The smallest absolute Gasteiger partial charge is 0.181 e. The van der Waals surface area contributed by atoms with Gasteiger partial charge in [0, 0.05) is 24.8 Å². The summed E-state index contributed by atoms with van der Waals surface area (Å²) in [5, 5.41) is 6.56. The van der Waals surface area contributed by atoms with Gasteiger partial charge < -0.3 is 15.1 Å². The standard InChI is InChI=1S/C11H15N3O/c1-2-12-5-6-13-9-3-4-10-11(7-9)15-8-14-10/h3-4,7-8,12-13H,2,5-6H2,1H3. The highest BCUT2D eigenvalue weighted by Crippen LogP contribution is 2.17. The van der Waals surface area contributed by atoms with Gasteiger partial charge >= 0.3 is 0 Å². The molecule has 0 saturated carbocycles. The van der Waals surface area contributed by atoms with Crippen molar-refractivity contribution in [1.29, 1.82) is 0 Å². The highest BCUT2D eigenvalue weighted by Gasteiger charge is 1.98. The van der Waals surface area contributed by atoms with E-state index in [-0.39, 0.29) is 0 Å². The van der Waals surface area contributed by atoms with Crippen molar-refractivity contribution in [2.75, 3.05) is 25.0 Å². The molecule has 0 bridgehead atoms. The van der Waals surface area contributed by atoms with Crippen molar-refractivity contribution in [3.8, 4) is 0 Å². The van der Waals surface area contributed by atoms with E-state index in [0.717, 1.165) is 36.4 Å². The molecule has 1 aromatic heterocycles. The van der Waals surface area contributed by atoms with Crippen LogP contribution in [-0.2, 0) is 0 Å². The average molecular weight is 205 g/mol. The van der Waals surface area contributed by atoms with E-state index in [1.165, 1.54) is 6.39 Å². The molecule has 2 rings (SSSR count). The van der Waals surface area contributed by atoms with Gasteiger partial charge in [0.25, 0.3) is 0 Å². The molecular weight excluding hydrogens is 190 g/mol. The third-order valence-corrected chi connectivity index (χ3v) is 2.21. The normalized spacial score (nSPS) is 10.7. The second-order valence-corrected chi connectivity index (χ2v) is 3.32. The number of aromatic nitrogens is 1. The van der Waals surface area contributed by atoms with E-state index in [4.69, 9.17) is 4.42 Å². The zero-order chi connectivity index (χ0) is 10.5. The Hall–Kier alpha value is -1.55. The minimum atomic E-state index is 0.823. The number of hydrogen-bond donors (Lipinski definition) is 2. The van der Waals surface area contributed by atoms with Crippen LogP contribution in [0.2, 0.25) is 0 Å². The molecule has 0 aliphatic rings. The summed E-state index contributed by atoms with van der Waals surface area (Å²) >= 11 is 0. The van der Waals surface area contributed by atoms with Gasteiger partial charge in [0.1, 0.15) is 5.52 Å². The molecule has 0 aliphatic carbocycles. The lowest BCUT2D eigenvalue weighted by atomic mass is 10.3. The summed E-state index contributed by atoms with van der Waals surface area (Å²) in [7, 11) is 0. The van der Waals surface area contributed by atoms with E-state index in [0.29, 0.717) is 0 Å². The Labute approximate surface area is 88.7 Å². The molecule has 0 fully saturated rings. The number of likely N-dealkylation sites (N-methyl/N-ethyl adjacent to an activating group) is 1. The minimum Gasteiger partial charge on any atom is -0.443 e. The Kier molecular flexibility index (Phi) is 3.19. The molecule has 80 valence electrons. The Morgan fingerprint density at radius 3 is 3.13 bits per heavy atom. The topological polar surface area (TPSA) is 50.1 Å². The fourth-order valence-corrected chi connectivity index (χ4v) is 1.44. The van der Waals surface area contributed by atoms with Crippen LogP contribution in [0.3, 0.4) is 0 Å². The Balaban J connectivity index is 1.96. The van der Waals surface area contributed by atoms with E-state index in [1.54, 1.807) is 0 Å². The molecule has 15 heavy (non-hydrogen) atoms. The second kappa shape index (κ2) is 4.79. The molecule has 0 aliphatic heterocycles. The van der Waals surface area contributed by atoms with Crippen LogP contribution in [0.15, 0.2) is 29.0 Å². The van der Waals surface area contributed by atoms with Gasteiger partial charge in [-0.3, -0.25) is 0 Å². The number of benzene rings is 1. The first-order valence-electron chi connectivity index (χ1n) is 5.18. The van der Waals surface area contributed by atoms with Gasteiger partial charge in [-0.25, -0.2) is 4.98 Å². The molecule has 0 unspecified atom stereocenters. The van der Waals surface area contributed by atoms with E-state index in [9.17, 15) is 0 Å². The van der Waals surface area contributed by atoms with E-state index >= 15 is 0 Å². The third kappa shape index (κ3) is 2.47. The van der Waals surface area contributed by atoms with Gasteiger partial charge in [-0.1, -0.05) is 6.92 Å². The van der Waals surface area contributed by atoms with Crippen molar-refractivity contribution in [1.82, 2.24) is 10.3 Å². The van der Waals surface area contributed by atoms with Crippen molar-refractivity contribution in [2.24, 2.45) is 0 Å². The summed E-state index contributed by atoms with van der Waals surface area (Å²) < 4.78 is 5.22. The molecule has 0 spiro atoms. The summed E-state index contributed by atoms with van der Waals surface area (Å²) in [4.78, 5) is 4.06. The van der Waals surface area contributed by atoms with Crippen LogP contribution in [0.4, 0.5) is 5.69 Å². The maximum Gasteiger partial charge on any atom is 0.181 e. The lowest BCUT2D eigenvalue weighted by Gasteiger charge is -2.05. The molecule has 1 aromatic carbocycles. The summed E-state index contributed by atoms with van der Waals surface area (Å²) in [5.41, 5.74) is 2.79. The lowest BCUT2D eigenvalue weighted by Crippen LogP contribution is -2.21. The molecule has 4 heteroatoms.